The van der Waals surface area contributed by atoms with E-state index in [0.29, 0.717) is 6.54 Å². The van der Waals surface area contributed by atoms with Crippen molar-refractivity contribution in [2.45, 2.75) is 34.1 Å². The van der Waals surface area contributed by atoms with Crippen LogP contribution in [-0.2, 0) is 6.42 Å². The summed E-state index contributed by atoms with van der Waals surface area (Å²) < 4.78 is 0. The summed E-state index contributed by atoms with van der Waals surface area (Å²) in [6.07, 6.45) is 4.43. The molecule has 0 spiro atoms. The molecule has 4 heteroatoms. The number of aromatic nitrogens is 1. The lowest BCUT2D eigenvalue weighted by Gasteiger charge is -2.25. The van der Waals surface area contributed by atoms with E-state index in [1.165, 1.54) is 5.56 Å². The van der Waals surface area contributed by atoms with Crippen LogP contribution in [0.5, 0.6) is 0 Å². The summed E-state index contributed by atoms with van der Waals surface area (Å²) in [6, 6.07) is 3.99. The zero-order valence-corrected chi connectivity index (χ0v) is 12.4. The van der Waals surface area contributed by atoms with Crippen molar-refractivity contribution in [3.05, 3.63) is 30.1 Å². The number of pyridine rings is 1. The number of amides is 2. The molecule has 0 radical (unpaired) electrons. The predicted octanol–water partition coefficient (Wildman–Crippen LogP) is 2.70. The van der Waals surface area contributed by atoms with E-state index >= 15 is 0 Å². The molecule has 19 heavy (non-hydrogen) atoms. The molecule has 0 aromatic carbocycles. The average molecular weight is 263 g/mol. The minimum Gasteiger partial charge on any atom is -0.337 e. The highest BCUT2D eigenvalue weighted by Crippen LogP contribution is 2.10. The predicted molar refractivity (Wildman–Crippen MR) is 78.0 cm³/mol. The van der Waals surface area contributed by atoms with Crippen molar-refractivity contribution < 1.29 is 4.79 Å². The Bertz CT molecular complexity index is 384. The van der Waals surface area contributed by atoms with Gasteiger partial charge in [-0.2, -0.15) is 0 Å². The third kappa shape index (κ3) is 6.22. The Kier molecular flexibility index (Phi) is 5.80. The number of carbonyl (C=O) groups is 1. The van der Waals surface area contributed by atoms with Crippen LogP contribution in [0.3, 0.4) is 0 Å². The molecule has 0 aliphatic heterocycles. The SMILES string of the molecule is CCN(CCc1ccncc1)C(=O)NCC(C)(C)C. The summed E-state index contributed by atoms with van der Waals surface area (Å²) in [5.74, 6) is 0. The molecule has 0 fully saturated rings. The summed E-state index contributed by atoms with van der Waals surface area (Å²) in [7, 11) is 0. The Morgan fingerprint density at radius 3 is 2.47 bits per heavy atom. The number of carbonyl (C=O) groups excluding carboxylic acids is 1. The van der Waals surface area contributed by atoms with Gasteiger partial charge in [-0.15, -0.1) is 0 Å². The minimum absolute atomic E-state index is 0.0199. The van der Waals surface area contributed by atoms with Gasteiger partial charge in [0.05, 0.1) is 0 Å². The van der Waals surface area contributed by atoms with Crippen LogP contribution in [-0.4, -0.2) is 35.5 Å². The second kappa shape index (κ2) is 7.12. The van der Waals surface area contributed by atoms with Gasteiger partial charge in [-0.1, -0.05) is 20.8 Å². The van der Waals surface area contributed by atoms with Crippen LogP contribution in [0, 0.1) is 5.41 Å². The molecule has 0 saturated carbocycles. The van der Waals surface area contributed by atoms with Crippen molar-refractivity contribution in [1.29, 1.82) is 0 Å². The van der Waals surface area contributed by atoms with E-state index < -0.39 is 0 Å². The minimum atomic E-state index is 0.0199. The van der Waals surface area contributed by atoms with Gasteiger partial charge in [-0.3, -0.25) is 4.98 Å². The van der Waals surface area contributed by atoms with Gasteiger partial charge in [0, 0.05) is 32.0 Å². The lowest BCUT2D eigenvalue weighted by molar-refractivity contribution is 0.196. The Morgan fingerprint density at radius 2 is 1.95 bits per heavy atom. The molecule has 1 aromatic rings. The highest BCUT2D eigenvalue weighted by Gasteiger charge is 2.15. The molecule has 0 atom stereocenters. The average Bonchev–Trinajstić information content (AvgIpc) is 2.37. The molecule has 0 unspecified atom stereocenters. The van der Waals surface area contributed by atoms with Gasteiger partial charge in [-0.25, -0.2) is 4.79 Å². The first kappa shape index (κ1) is 15.5. The summed E-state index contributed by atoms with van der Waals surface area (Å²) >= 11 is 0. The second-order valence-corrected chi connectivity index (χ2v) is 5.90. The Balaban J connectivity index is 2.42. The highest BCUT2D eigenvalue weighted by molar-refractivity contribution is 5.74. The first-order valence-corrected chi connectivity index (χ1v) is 6.84. The fourth-order valence-corrected chi connectivity index (χ4v) is 1.67. The normalized spacial score (nSPS) is 11.2. The van der Waals surface area contributed by atoms with Gasteiger partial charge in [0.15, 0.2) is 0 Å². The first-order chi connectivity index (χ1) is 8.92. The molecule has 1 aromatic heterocycles. The van der Waals surface area contributed by atoms with E-state index in [9.17, 15) is 4.79 Å². The van der Waals surface area contributed by atoms with Crippen LogP contribution in [0.4, 0.5) is 4.79 Å². The topological polar surface area (TPSA) is 45.2 Å². The molecule has 0 aliphatic rings. The number of nitrogens with zero attached hydrogens (tertiary/aromatic N) is 2. The first-order valence-electron chi connectivity index (χ1n) is 6.84. The van der Waals surface area contributed by atoms with E-state index in [2.05, 4.69) is 31.1 Å². The highest BCUT2D eigenvalue weighted by atomic mass is 16.2. The Morgan fingerprint density at radius 1 is 1.32 bits per heavy atom. The van der Waals surface area contributed by atoms with Crippen molar-refractivity contribution >= 4 is 6.03 Å². The zero-order valence-electron chi connectivity index (χ0n) is 12.4. The summed E-state index contributed by atoms with van der Waals surface area (Å²) in [4.78, 5) is 17.9. The van der Waals surface area contributed by atoms with E-state index in [-0.39, 0.29) is 11.4 Å². The summed E-state index contributed by atoms with van der Waals surface area (Å²) in [5.41, 5.74) is 1.32. The lowest BCUT2D eigenvalue weighted by Crippen LogP contribution is -2.43. The summed E-state index contributed by atoms with van der Waals surface area (Å²) in [6.45, 7) is 10.5. The largest absolute Gasteiger partial charge is 0.337 e. The van der Waals surface area contributed by atoms with Crippen LogP contribution in [0.25, 0.3) is 0 Å². The molecular formula is C15H25N3O. The molecule has 1 N–H and O–H groups in total. The van der Waals surface area contributed by atoms with Crippen LogP contribution in [0.15, 0.2) is 24.5 Å². The van der Waals surface area contributed by atoms with Gasteiger partial charge in [0.2, 0.25) is 0 Å². The smallest absolute Gasteiger partial charge is 0.317 e. The van der Waals surface area contributed by atoms with Crippen molar-refractivity contribution in [3.8, 4) is 0 Å². The van der Waals surface area contributed by atoms with Crippen LogP contribution >= 0.6 is 0 Å². The van der Waals surface area contributed by atoms with Gasteiger partial charge in [0.25, 0.3) is 0 Å². The third-order valence-electron chi connectivity index (χ3n) is 2.86. The van der Waals surface area contributed by atoms with E-state index in [1.54, 1.807) is 12.4 Å². The molecule has 4 nitrogen and oxygen atoms in total. The van der Waals surface area contributed by atoms with E-state index in [1.807, 2.05) is 24.0 Å². The van der Waals surface area contributed by atoms with Gasteiger partial charge in [-0.05, 0) is 36.5 Å². The number of nitrogens with one attached hydrogen (secondary N) is 1. The fourth-order valence-electron chi connectivity index (χ4n) is 1.67. The third-order valence-corrected chi connectivity index (χ3v) is 2.86. The Hall–Kier alpha value is -1.58. The maximum Gasteiger partial charge on any atom is 0.317 e. The van der Waals surface area contributed by atoms with Gasteiger partial charge < -0.3 is 10.2 Å². The zero-order chi connectivity index (χ0) is 14.3. The summed E-state index contributed by atoms with van der Waals surface area (Å²) in [5, 5.41) is 2.98. The second-order valence-electron chi connectivity index (χ2n) is 5.90. The lowest BCUT2D eigenvalue weighted by atomic mass is 9.97. The number of hydrogen-bond donors (Lipinski definition) is 1. The van der Waals surface area contributed by atoms with E-state index in [4.69, 9.17) is 0 Å². The number of likely N-dealkylation sites (N-methyl/N-ethyl adjacent to an activating group) is 1. The molecule has 2 amide bonds. The molecule has 0 bridgehead atoms. The molecular weight excluding hydrogens is 238 g/mol. The van der Waals surface area contributed by atoms with Crippen LogP contribution < -0.4 is 5.32 Å². The quantitative estimate of drug-likeness (QED) is 0.887. The Labute approximate surface area is 116 Å². The van der Waals surface area contributed by atoms with E-state index in [0.717, 1.165) is 19.5 Å². The van der Waals surface area contributed by atoms with Crippen molar-refractivity contribution in [2.24, 2.45) is 5.41 Å². The number of hydrogen-bond acceptors (Lipinski definition) is 2. The van der Waals surface area contributed by atoms with Crippen molar-refractivity contribution in [3.63, 3.8) is 0 Å². The molecule has 1 rings (SSSR count). The monoisotopic (exact) mass is 263 g/mol. The molecule has 106 valence electrons. The molecule has 0 aliphatic carbocycles. The van der Waals surface area contributed by atoms with Gasteiger partial charge in [0.1, 0.15) is 0 Å². The molecule has 0 saturated heterocycles. The maximum atomic E-state index is 12.0. The van der Waals surface area contributed by atoms with Gasteiger partial charge >= 0.3 is 6.03 Å². The van der Waals surface area contributed by atoms with Crippen molar-refractivity contribution in [2.75, 3.05) is 19.6 Å². The van der Waals surface area contributed by atoms with Crippen molar-refractivity contribution in [1.82, 2.24) is 15.2 Å². The van der Waals surface area contributed by atoms with Crippen LogP contribution in [0.2, 0.25) is 0 Å². The number of rotatable bonds is 5. The maximum absolute atomic E-state index is 12.0. The molecule has 1 heterocycles. The number of urea groups is 1. The standard InChI is InChI=1S/C15H25N3O/c1-5-18(14(19)17-12-15(2,3)4)11-8-13-6-9-16-10-7-13/h6-7,9-10H,5,8,11-12H2,1-4H3,(H,17,19). The fraction of sp³-hybridized carbons (Fsp3) is 0.600. The van der Waals surface area contributed by atoms with Crippen LogP contribution in [0.1, 0.15) is 33.3 Å².